The SMILES string of the molecule is OCCB1CCOCC1. The monoisotopic (exact) mass is 128 g/mol. The minimum absolute atomic E-state index is 0.338. The Labute approximate surface area is 56.3 Å². The van der Waals surface area contributed by atoms with Gasteiger partial charge in [0.15, 0.2) is 0 Å². The Balaban J connectivity index is 2.08. The van der Waals surface area contributed by atoms with Crippen LogP contribution in [0.3, 0.4) is 0 Å². The molecule has 0 unspecified atom stereocenters. The van der Waals surface area contributed by atoms with Crippen molar-refractivity contribution in [1.29, 1.82) is 0 Å². The first-order chi connectivity index (χ1) is 4.43. The van der Waals surface area contributed by atoms with Gasteiger partial charge in [-0.15, -0.1) is 0 Å². The maximum Gasteiger partial charge on any atom is 0.147 e. The normalized spacial score (nSPS) is 20.3. The van der Waals surface area contributed by atoms with Gasteiger partial charge in [0.25, 0.3) is 0 Å². The molecule has 1 rings (SSSR count). The van der Waals surface area contributed by atoms with Gasteiger partial charge >= 0.3 is 0 Å². The van der Waals surface area contributed by atoms with Crippen LogP contribution in [-0.2, 0) is 4.74 Å². The van der Waals surface area contributed by atoms with Crippen molar-refractivity contribution in [3.8, 4) is 0 Å². The summed E-state index contributed by atoms with van der Waals surface area (Å²) in [4.78, 5) is 0. The highest BCUT2D eigenvalue weighted by Crippen LogP contribution is 2.10. The lowest BCUT2D eigenvalue weighted by atomic mass is 9.42. The predicted octanol–water partition coefficient (Wildman–Crippen LogP) is 0.504. The third kappa shape index (κ3) is 2.37. The molecule has 0 saturated carbocycles. The Morgan fingerprint density at radius 3 is 2.56 bits per heavy atom. The zero-order valence-corrected chi connectivity index (χ0v) is 5.68. The van der Waals surface area contributed by atoms with Gasteiger partial charge in [0.05, 0.1) is 0 Å². The van der Waals surface area contributed by atoms with Crippen LogP contribution in [0.25, 0.3) is 0 Å². The third-order valence-corrected chi connectivity index (χ3v) is 1.88. The molecule has 1 saturated heterocycles. The van der Waals surface area contributed by atoms with Crippen LogP contribution in [0.5, 0.6) is 0 Å². The molecule has 1 heterocycles. The van der Waals surface area contributed by atoms with Gasteiger partial charge < -0.3 is 9.84 Å². The second-order valence-corrected chi connectivity index (χ2v) is 2.57. The molecule has 0 aliphatic carbocycles. The van der Waals surface area contributed by atoms with Crippen LogP contribution in [0.2, 0.25) is 19.0 Å². The van der Waals surface area contributed by atoms with E-state index >= 15 is 0 Å². The summed E-state index contributed by atoms with van der Waals surface area (Å²) in [6.45, 7) is 2.85. The fraction of sp³-hybridized carbons (Fsp3) is 1.00. The lowest BCUT2D eigenvalue weighted by molar-refractivity contribution is 0.150. The Bertz CT molecular complexity index is 68.7. The van der Waals surface area contributed by atoms with Gasteiger partial charge in [0.1, 0.15) is 6.71 Å². The first kappa shape index (κ1) is 7.10. The van der Waals surface area contributed by atoms with Gasteiger partial charge in [-0.1, -0.05) is 19.0 Å². The minimum atomic E-state index is 0.338. The van der Waals surface area contributed by atoms with Crippen molar-refractivity contribution in [2.24, 2.45) is 0 Å². The van der Waals surface area contributed by atoms with E-state index in [0.29, 0.717) is 6.61 Å². The summed E-state index contributed by atoms with van der Waals surface area (Å²) in [6.07, 6.45) is 3.24. The highest BCUT2D eigenvalue weighted by Gasteiger charge is 2.15. The summed E-state index contributed by atoms with van der Waals surface area (Å²) in [5, 5.41) is 8.58. The average Bonchev–Trinajstić information content (AvgIpc) is 1.91. The Kier molecular flexibility index (Phi) is 3.08. The maximum atomic E-state index is 8.58. The molecule has 9 heavy (non-hydrogen) atoms. The summed E-state index contributed by atoms with van der Waals surface area (Å²) in [5.74, 6) is 0. The van der Waals surface area contributed by atoms with Crippen LogP contribution in [0.4, 0.5) is 0 Å². The van der Waals surface area contributed by atoms with E-state index in [1.807, 2.05) is 0 Å². The molecule has 2 nitrogen and oxygen atoms in total. The molecular formula is C6H13BO2. The zero-order valence-electron chi connectivity index (χ0n) is 5.68. The van der Waals surface area contributed by atoms with E-state index in [4.69, 9.17) is 9.84 Å². The van der Waals surface area contributed by atoms with Crippen LogP contribution in [-0.4, -0.2) is 31.6 Å². The quantitative estimate of drug-likeness (QED) is 0.548. The molecule has 0 aromatic rings. The van der Waals surface area contributed by atoms with Crippen LogP contribution in [0.15, 0.2) is 0 Å². The summed E-state index contributed by atoms with van der Waals surface area (Å²) in [5.41, 5.74) is 0. The van der Waals surface area contributed by atoms with Crippen molar-refractivity contribution in [3.05, 3.63) is 0 Å². The van der Waals surface area contributed by atoms with Gasteiger partial charge in [0.2, 0.25) is 0 Å². The third-order valence-electron chi connectivity index (χ3n) is 1.88. The van der Waals surface area contributed by atoms with E-state index in [2.05, 4.69) is 0 Å². The largest absolute Gasteiger partial charge is 0.397 e. The van der Waals surface area contributed by atoms with Crippen LogP contribution in [0.1, 0.15) is 0 Å². The molecule has 0 atom stereocenters. The van der Waals surface area contributed by atoms with Gasteiger partial charge in [0, 0.05) is 19.8 Å². The number of rotatable bonds is 2. The van der Waals surface area contributed by atoms with Crippen molar-refractivity contribution in [1.82, 2.24) is 0 Å². The second-order valence-electron chi connectivity index (χ2n) is 2.57. The van der Waals surface area contributed by atoms with Crippen LogP contribution in [0, 0.1) is 0 Å². The molecule has 0 spiro atoms. The van der Waals surface area contributed by atoms with Crippen molar-refractivity contribution in [2.45, 2.75) is 19.0 Å². The van der Waals surface area contributed by atoms with E-state index in [1.165, 1.54) is 0 Å². The van der Waals surface area contributed by atoms with Crippen molar-refractivity contribution in [3.63, 3.8) is 0 Å². The molecule has 0 aromatic carbocycles. The lowest BCUT2D eigenvalue weighted by Gasteiger charge is -2.17. The lowest BCUT2D eigenvalue weighted by Crippen LogP contribution is -2.23. The molecule has 0 radical (unpaired) electrons. The molecule has 1 aliphatic rings. The van der Waals surface area contributed by atoms with Gasteiger partial charge in [-0.3, -0.25) is 0 Å². The summed E-state index contributed by atoms with van der Waals surface area (Å²) in [7, 11) is 0. The molecule has 0 aromatic heterocycles. The first-order valence-corrected chi connectivity index (χ1v) is 3.62. The van der Waals surface area contributed by atoms with Gasteiger partial charge in [-0.2, -0.15) is 0 Å². The van der Waals surface area contributed by atoms with E-state index in [0.717, 1.165) is 38.9 Å². The number of hydrogen-bond acceptors (Lipinski definition) is 2. The Hall–Kier alpha value is -0.0151. The maximum absolute atomic E-state index is 8.58. The highest BCUT2D eigenvalue weighted by molar-refractivity contribution is 6.59. The molecule has 0 amide bonds. The van der Waals surface area contributed by atoms with Crippen molar-refractivity contribution in [2.75, 3.05) is 19.8 Å². The number of hydrogen-bond donors (Lipinski definition) is 1. The molecule has 3 heteroatoms. The van der Waals surface area contributed by atoms with E-state index in [9.17, 15) is 0 Å². The molecule has 0 bridgehead atoms. The Morgan fingerprint density at radius 1 is 1.33 bits per heavy atom. The fourth-order valence-electron chi connectivity index (χ4n) is 1.22. The summed E-state index contributed by atoms with van der Waals surface area (Å²) in [6, 6.07) is 0. The summed E-state index contributed by atoms with van der Waals surface area (Å²) >= 11 is 0. The molecule has 1 aliphatic heterocycles. The molecule has 1 N–H and O–H groups in total. The van der Waals surface area contributed by atoms with E-state index in [1.54, 1.807) is 0 Å². The van der Waals surface area contributed by atoms with Crippen molar-refractivity contribution < 1.29 is 9.84 Å². The van der Waals surface area contributed by atoms with Gasteiger partial charge in [-0.05, 0) is 0 Å². The zero-order chi connectivity index (χ0) is 6.53. The van der Waals surface area contributed by atoms with Gasteiger partial charge in [-0.25, -0.2) is 0 Å². The average molecular weight is 128 g/mol. The number of ether oxygens (including phenoxy) is 1. The highest BCUT2D eigenvalue weighted by atomic mass is 16.5. The van der Waals surface area contributed by atoms with E-state index in [-0.39, 0.29) is 0 Å². The van der Waals surface area contributed by atoms with E-state index < -0.39 is 0 Å². The number of aliphatic hydroxyl groups is 1. The number of aliphatic hydroxyl groups excluding tert-OH is 1. The van der Waals surface area contributed by atoms with Crippen molar-refractivity contribution >= 4 is 6.71 Å². The van der Waals surface area contributed by atoms with Crippen LogP contribution < -0.4 is 0 Å². The molecular weight excluding hydrogens is 115 g/mol. The first-order valence-electron chi connectivity index (χ1n) is 3.62. The fourth-order valence-corrected chi connectivity index (χ4v) is 1.22. The Morgan fingerprint density at radius 2 is 2.00 bits per heavy atom. The predicted molar refractivity (Wildman–Crippen MR) is 38.1 cm³/mol. The molecule has 52 valence electrons. The minimum Gasteiger partial charge on any atom is -0.397 e. The standard InChI is InChI=1S/C6H13BO2/c8-4-1-7-2-5-9-6-3-7/h8H,1-6H2. The van der Waals surface area contributed by atoms with Crippen LogP contribution >= 0.6 is 0 Å². The second kappa shape index (κ2) is 3.91. The smallest absolute Gasteiger partial charge is 0.147 e. The summed E-state index contributed by atoms with van der Waals surface area (Å²) < 4.78 is 5.16. The molecule has 1 fully saturated rings. The topological polar surface area (TPSA) is 29.5 Å².